The van der Waals surface area contributed by atoms with Crippen molar-refractivity contribution < 1.29 is 13.6 Å². The third-order valence-electron chi connectivity index (χ3n) is 1.62. The molecule has 1 aromatic rings. The molecule has 0 fully saturated rings. The minimum atomic E-state index is -0.927. The number of hydrogen-bond acceptors (Lipinski definition) is 1. The van der Waals surface area contributed by atoms with E-state index in [1.54, 1.807) is 0 Å². The maximum Gasteiger partial charge on any atom is 0.243 e. The molecule has 1 aromatic carbocycles. The van der Waals surface area contributed by atoms with E-state index in [0.29, 0.717) is 5.56 Å². The molecule has 1 N–H and O–H groups in total. The second kappa shape index (κ2) is 4.50. The summed E-state index contributed by atoms with van der Waals surface area (Å²) in [6.45, 7) is 0. The molecule has 0 aliphatic heterocycles. The van der Waals surface area contributed by atoms with Crippen LogP contribution in [0.4, 0.5) is 8.78 Å². The van der Waals surface area contributed by atoms with Crippen LogP contribution in [-0.4, -0.2) is 13.0 Å². The van der Waals surface area contributed by atoms with Crippen LogP contribution in [0.5, 0.6) is 0 Å². The summed E-state index contributed by atoms with van der Waals surface area (Å²) in [5, 5.41) is 2.37. The highest BCUT2D eigenvalue weighted by atomic mass is 19.2. The molecule has 1 amide bonds. The van der Waals surface area contributed by atoms with Crippen LogP contribution in [0.15, 0.2) is 24.3 Å². The second-order valence-corrected chi connectivity index (χ2v) is 2.62. The van der Waals surface area contributed by atoms with Crippen LogP contribution < -0.4 is 5.32 Å². The molecule has 0 aliphatic rings. The fourth-order valence-electron chi connectivity index (χ4n) is 0.871. The monoisotopic (exact) mass is 197 g/mol. The summed E-state index contributed by atoms with van der Waals surface area (Å²) in [7, 11) is 1.48. The van der Waals surface area contributed by atoms with Crippen molar-refractivity contribution in [3.8, 4) is 0 Å². The number of amides is 1. The van der Waals surface area contributed by atoms with E-state index in [-0.39, 0.29) is 5.91 Å². The number of hydrogen-bond donors (Lipinski definition) is 1. The lowest BCUT2D eigenvalue weighted by molar-refractivity contribution is -0.115. The lowest BCUT2D eigenvalue weighted by atomic mass is 10.2. The van der Waals surface area contributed by atoms with Crippen molar-refractivity contribution >= 4 is 12.0 Å². The summed E-state index contributed by atoms with van der Waals surface area (Å²) in [6.07, 6.45) is 2.65. The van der Waals surface area contributed by atoms with Gasteiger partial charge in [-0.15, -0.1) is 0 Å². The van der Waals surface area contributed by atoms with Gasteiger partial charge in [-0.1, -0.05) is 6.07 Å². The van der Waals surface area contributed by atoms with Crippen molar-refractivity contribution in [2.75, 3.05) is 7.05 Å². The molecule has 0 aromatic heterocycles. The number of benzene rings is 1. The van der Waals surface area contributed by atoms with Gasteiger partial charge in [0.15, 0.2) is 11.6 Å². The highest BCUT2D eigenvalue weighted by Gasteiger charge is 2.00. The van der Waals surface area contributed by atoms with E-state index in [1.807, 2.05) is 0 Å². The highest BCUT2D eigenvalue weighted by Crippen LogP contribution is 2.09. The Balaban J connectivity index is 2.83. The number of carbonyl (C=O) groups excluding carboxylic acids is 1. The van der Waals surface area contributed by atoms with Crippen LogP contribution in [0, 0.1) is 11.6 Å². The van der Waals surface area contributed by atoms with E-state index >= 15 is 0 Å². The van der Waals surface area contributed by atoms with Gasteiger partial charge in [-0.25, -0.2) is 8.78 Å². The Hall–Kier alpha value is -1.71. The largest absolute Gasteiger partial charge is 0.356 e. The van der Waals surface area contributed by atoms with Gasteiger partial charge in [-0.3, -0.25) is 4.79 Å². The van der Waals surface area contributed by atoms with E-state index in [4.69, 9.17) is 0 Å². The van der Waals surface area contributed by atoms with Gasteiger partial charge in [0.2, 0.25) is 5.91 Å². The molecule has 0 saturated carbocycles. The Kier molecular flexibility index (Phi) is 3.34. The molecule has 4 heteroatoms. The summed E-state index contributed by atoms with van der Waals surface area (Å²) in [5.74, 6) is -2.12. The Labute approximate surface area is 80.2 Å². The van der Waals surface area contributed by atoms with Crippen LogP contribution in [0.2, 0.25) is 0 Å². The molecule has 0 heterocycles. The Morgan fingerprint density at radius 1 is 1.36 bits per heavy atom. The van der Waals surface area contributed by atoms with Crippen LogP contribution in [0.1, 0.15) is 5.56 Å². The van der Waals surface area contributed by atoms with E-state index in [9.17, 15) is 13.6 Å². The lowest BCUT2D eigenvalue weighted by Crippen LogP contribution is -2.13. The number of nitrogens with one attached hydrogen (secondary N) is 1. The maximum absolute atomic E-state index is 12.7. The standard InChI is InChI=1S/C10H9F2NO/c1-13-10(14)5-3-7-2-4-8(11)9(12)6-7/h2-6H,1H3,(H,13,14)/b5-3+. The molecule has 0 bridgehead atoms. The normalized spacial score (nSPS) is 10.5. The first-order valence-electron chi connectivity index (χ1n) is 3.98. The van der Waals surface area contributed by atoms with Gasteiger partial charge in [0.05, 0.1) is 0 Å². The van der Waals surface area contributed by atoms with E-state index in [2.05, 4.69) is 5.32 Å². The van der Waals surface area contributed by atoms with Gasteiger partial charge in [0, 0.05) is 13.1 Å². The predicted molar refractivity (Wildman–Crippen MR) is 49.5 cm³/mol. The quantitative estimate of drug-likeness (QED) is 0.718. The van der Waals surface area contributed by atoms with Crippen LogP contribution in [0.3, 0.4) is 0 Å². The summed E-state index contributed by atoms with van der Waals surface area (Å²) >= 11 is 0. The van der Waals surface area contributed by atoms with Crippen molar-refractivity contribution in [3.05, 3.63) is 41.5 Å². The van der Waals surface area contributed by atoms with E-state index in [0.717, 1.165) is 12.1 Å². The van der Waals surface area contributed by atoms with Gasteiger partial charge in [0.1, 0.15) is 0 Å². The predicted octanol–water partition coefficient (Wildman–Crippen LogP) is 1.72. The third-order valence-corrected chi connectivity index (χ3v) is 1.62. The van der Waals surface area contributed by atoms with Gasteiger partial charge >= 0.3 is 0 Å². The average Bonchev–Trinajstić information content (AvgIpc) is 2.19. The molecule has 1 rings (SSSR count). The molecular formula is C10H9F2NO. The Morgan fingerprint density at radius 2 is 2.07 bits per heavy atom. The summed E-state index contributed by atoms with van der Waals surface area (Å²) in [6, 6.07) is 3.42. The summed E-state index contributed by atoms with van der Waals surface area (Å²) < 4.78 is 25.2. The van der Waals surface area contributed by atoms with E-state index in [1.165, 1.54) is 25.3 Å². The minimum absolute atomic E-state index is 0.297. The zero-order valence-electron chi connectivity index (χ0n) is 7.55. The number of halogens is 2. The first kappa shape index (κ1) is 10.4. The zero-order chi connectivity index (χ0) is 10.6. The molecule has 0 radical (unpaired) electrons. The number of carbonyl (C=O) groups is 1. The highest BCUT2D eigenvalue weighted by molar-refractivity contribution is 5.91. The average molecular weight is 197 g/mol. The maximum atomic E-state index is 12.7. The van der Waals surface area contributed by atoms with Crippen molar-refractivity contribution in [2.45, 2.75) is 0 Å². The Bertz CT molecular complexity index is 374. The van der Waals surface area contributed by atoms with Crippen molar-refractivity contribution in [2.24, 2.45) is 0 Å². The van der Waals surface area contributed by atoms with Crippen LogP contribution in [-0.2, 0) is 4.79 Å². The minimum Gasteiger partial charge on any atom is -0.356 e. The van der Waals surface area contributed by atoms with Crippen LogP contribution >= 0.6 is 0 Å². The molecule has 2 nitrogen and oxygen atoms in total. The van der Waals surface area contributed by atoms with Gasteiger partial charge in [0.25, 0.3) is 0 Å². The first-order valence-corrected chi connectivity index (χ1v) is 3.98. The molecule has 0 spiro atoms. The number of rotatable bonds is 2. The first-order chi connectivity index (χ1) is 6.63. The van der Waals surface area contributed by atoms with Crippen molar-refractivity contribution in [1.82, 2.24) is 5.32 Å². The molecule has 14 heavy (non-hydrogen) atoms. The number of likely N-dealkylation sites (N-methyl/N-ethyl adjacent to an activating group) is 1. The van der Waals surface area contributed by atoms with Crippen LogP contribution in [0.25, 0.3) is 6.08 Å². The van der Waals surface area contributed by atoms with Crippen molar-refractivity contribution in [3.63, 3.8) is 0 Å². The molecule has 0 aliphatic carbocycles. The smallest absolute Gasteiger partial charge is 0.243 e. The fourth-order valence-corrected chi connectivity index (χ4v) is 0.871. The van der Waals surface area contributed by atoms with Gasteiger partial charge in [-0.2, -0.15) is 0 Å². The molecule has 74 valence electrons. The fraction of sp³-hybridized carbons (Fsp3) is 0.100. The zero-order valence-corrected chi connectivity index (χ0v) is 7.55. The lowest BCUT2D eigenvalue weighted by Gasteiger charge is -1.95. The van der Waals surface area contributed by atoms with Crippen molar-refractivity contribution in [1.29, 1.82) is 0 Å². The van der Waals surface area contributed by atoms with Gasteiger partial charge in [-0.05, 0) is 23.8 Å². The van der Waals surface area contributed by atoms with E-state index < -0.39 is 11.6 Å². The molecular weight excluding hydrogens is 188 g/mol. The second-order valence-electron chi connectivity index (χ2n) is 2.62. The SMILES string of the molecule is CNC(=O)/C=C/c1ccc(F)c(F)c1. The van der Waals surface area contributed by atoms with Gasteiger partial charge < -0.3 is 5.32 Å². The molecule has 0 unspecified atom stereocenters. The molecule has 0 atom stereocenters. The third kappa shape index (κ3) is 2.65. The summed E-state index contributed by atoms with van der Waals surface area (Å²) in [4.78, 5) is 10.8. The molecule has 0 saturated heterocycles. The Morgan fingerprint density at radius 3 is 2.64 bits per heavy atom. The summed E-state index contributed by atoms with van der Waals surface area (Å²) in [5.41, 5.74) is 0.438. The topological polar surface area (TPSA) is 29.1 Å².